The van der Waals surface area contributed by atoms with Gasteiger partial charge in [-0.2, -0.15) is 0 Å². The van der Waals surface area contributed by atoms with Gasteiger partial charge in [-0.15, -0.1) is 0 Å². The first-order valence-corrected chi connectivity index (χ1v) is 25.6. The molecule has 1 aliphatic heterocycles. The molecule has 1 aromatic heterocycles. The minimum atomic E-state index is -0.265. The van der Waals surface area contributed by atoms with Crippen LogP contribution in [0.2, 0.25) is 0 Å². The molecule has 0 fully saturated rings. The van der Waals surface area contributed by atoms with E-state index in [9.17, 15) is 0 Å². The van der Waals surface area contributed by atoms with Gasteiger partial charge in [0.05, 0.1) is 16.7 Å². The lowest BCUT2D eigenvalue weighted by atomic mass is 9.74. The second kappa shape index (κ2) is 17.4. The maximum Gasteiger partial charge on any atom is 0.0582 e. The number of anilines is 6. The highest BCUT2D eigenvalue weighted by atomic mass is 15.2. The largest absolute Gasteiger partial charge is 0.310 e. The van der Waals surface area contributed by atoms with Crippen molar-refractivity contribution in [1.29, 1.82) is 0 Å². The minimum absolute atomic E-state index is 0.265. The van der Waals surface area contributed by atoms with Crippen LogP contribution in [0.25, 0.3) is 82.4 Å². The summed E-state index contributed by atoms with van der Waals surface area (Å²) >= 11 is 0. The van der Waals surface area contributed by atoms with Crippen molar-refractivity contribution in [3.05, 3.63) is 284 Å². The second-order valence-corrected chi connectivity index (χ2v) is 20.2. The van der Waals surface area contributed by atoms with E-state index in [-0.39, 0.29) is 5.41 Å². The number of nitrogens with zero attached hydrogens (tertiary/aromatic N) is 3. The van der Waals surface area contributed by atoms with Crippen LogP contribution in [0.15, 0.2) is 273 Å². The van der Waals surface area contributed by atoms with E-state index in [2.05, 4.69) is 301 Å². The summed E-state index contributed by atoms with van der Waals surface area (Å²) in [5.41, 5.74) is 19.7. The van der Waals surface area contributed by atoms with Gasteiger partial charge in [-0.05, 0) is 169 Å². The summed E-state index contributed by atoms with van der Waals surface area (Å²) in [4.78, 5) is 4.86. The van der Waals surface area contributed by atoms with Crippen molar-refractivity contribution in [3.63, 3.8) is 0 Å². The lowest BCUT2D eigenvalue weighted by molar-refractivity contribution is 0.630. The Morgan fingerprint density at radius 1 is 0.284 bits per heavy atom. The summed E-state index contributed by atoms with van der Waals surface area (Å²) in [6.07, 6.45) is 0. The molecular formula is C71H51N3. The van der Waals surface area contributed by atoms with E-state index in [1.807, 2.05) is 0 Å². The fourth-order valence-electron chi connectivity index (χ4n) is 11.8. The van der Waals surface area contributed by atoms with Crippen LogP contribution >= 0.6 is 0 Å². The third kappa shape index (κ3) is 7.27. The fourth-order valence-corrected chi connectivity index (χ4v) is 11.8. The highest BCUT2D eigenvalue weighted by molar-refractivity contribution is 6.13. The Bertz CT molecular complexity index is 4090. The first-order chi connectivity index (χ1) is 36.4. The lowest BCUT2D eigenvalue weighted by Gasteiger charge is -2.35. The number of benzene rings is 12. The van der Waals surface area contributed by atoms with Crippen molar-refractivity contribution in [2.45, 2.75) is 19.3 Å². The van der Waals surface area contributed by atoms with E-state index in [1.165, 1.54) is 88.0 Å². The molecule has 0 amide bonds. The summed E-state index contributed by atoms with van der Waals surface area (Å²) in [6.45, 7) is 4.79. The topological polar surface area (TPSA) is 11.4 Å². The first-order valence-electron chi connectivity index (χ1n) is 25.6. The van der Waals surface area contributed by atoms with Crippen LogP contribution in [0.4, 0.5) is 34.1 Å². The van der Waals surface area contributed by atoms with Crippen LogP contribution in [-0.4, -0.2) is 4.57 Å². The molecule has 12 aromatic carbocycles. The third-order valence-corrected chi connectivity index (χ3v) is 15.4. The van der Waals surface area contributed by atoms with Crippen molar-refractivity contribution < 1.29 is 0 Å². The van der Waals surface area contributed by atoms with Crippen LogP contribution in [-0.2, 0) is 5.41 Å². The number of fused-ring (bicyclic) bond motifs is 7. The van der Waals surface area contributed by atoms with Gasteiger partial charge in [0.2, 0.25) is 0 Å². The summed E-state index contributed by atoms with van der Waals surface area (Å²) in [7, 11) is 0. The zero-order valence-electron chi connectivity index (χ0n) is 41.3. The Balaban J connectivity index is 1.01. The Morgan fingerprint density at radius 2 is 0.743 bits per heavy atom. The van der Waals surface area contributed by atoms with Crippen LogP contribution in [0.3, 0.4) is 0 Å². The zero-order valence-corrected chi connectivity index (χ0v) is 41.3. The molecule has 0 spiro atoms. The number of para-hydroxylation sites is 4. The van der Waals surface area contributed by atoms with Crippen molar-refractivity contribution in [2.75, 3.05) is 9.80 Å². The molecule has 0 atom stereocenters. The summed E-state index contributed by atoms with van der Waals surface area (Å²) in [6, 6.07) is 100. The first kappa shape index (κ1) is 43.4. The van der Waals surface area contributed by atoms with Gasteiger partial charge >= 0.3 is 0 Å². The van der Waals surface area contributed by atoms with Crippen LogP contribution in [0.5, 0.6) is 0 Å². The second-order valence-electron chi connectivity index (χ2n) is 20.2. The molecule has 350 valence electrons. The van der Waals surface area contributed by atoms with Crippen molar-refractivity contribution in [1.82, 2.24) is 4.57 Å². The molecule has 74 heavy (non-hydrogen) atoms. The molecule has 13 aromatic rings. The summed E-state index contributed by atoms with van der Waals surface area (Å²) in [5, 5.41) is 7.28. The Kier molecular flexibility index (Phi) is 10.2. The molecule has 2 heterocycles. The third-order valence-electron chi connectivity index (χ3n) is 15.4. The molecular weight excluding hydrogens is 895 g/mol. The van der Waals surface area contributed by atoms with E-state index in [0.717, 1.165) is 39.7 Å². The zero-order chi connectivity index (χ0) is 49.3. The number of rotatable bonds is 9. The maximum atomic E-state index is 2.51. The smallest absolute Gasteiger partial charge is 0.0582 e. The number of aromatic nitrogens is 1. The van der Waals surface area contributed by atoms with Gasteiger partial charge in [-0.1, -0.05) is 184 Å². The van der Waals surface area contributed by atoms with Gasteiger partial charge in [-0.25, -0.2) is 0 Å². The molecule has 14 rings (SSSR count). The number of hydrogen-bond acceptors (Lipinski definition) is 2. The van der Waals surface area contributed by atoms with Crippen LogP contribution < -0.4 is 9.80 Å². The molecule has 0 bridgehead atoms. The van der Waals surface area contributed by atoms with Gasteiger partial charge in [0.1, 0.15) is 0 Å². The molecule has 1 aliphatic rings. The van der Waals surface area contributed by atoms with E-state index in [0.29, 0.717) is 0 Å². The molecule has 3 heteroatoms. The molecule has 3 nitrogen and oxygen atoms in total. The van der Waals surface area contributed by atoms with Crippen LogP contribution in [0, 0.1) is 0 Å². The van der Waals surface area contributed by atoms with Gasteiger partial charge in [0, 0.05) is 50.3 Å². The average molecular weight is 946 g/mol. The van der Waals surface area contributed by atoms with Crippen molar-refractivity contribution in [2.24, 2.45) is 0 Å². The predicted molar refractivity (Wildman–Crippen MR) is 314 cm³/mol. The minimum Gasteiger partial charge on any atom is -0.310 e. The summed E-state index contributed by atoms with van der Waals surface area (Å²) < 4.78 is 2.51. The maximum absolute atomic E-state index is 2.51. The molecule has 0 aliphatic carbocycles. The standard InChI is InChI=1S/C71H51N3/c1-71(2)66-28-16-18-30-69(66)74-68-29-17-15-27-64(68)65-45-57(46-67(71)70(65)74)56-43-62(72(58-23-11-5-12-24-58)60-37-35-52-39-50(31-33-54(52)41-60)48-19-7-3-8-20-48)47-63(44-56)73(59-25-13-6-14-26-59)61-38-36-53-40-51(32-34-55(53)42-61)49-21-9-4-10-22-49/h3-47H,1-2H3. The molecule has 0 saturated heterocycles. The monoisotopic (exact) mass is 945 g/mol. The SMILES string of the molecule is CC1(C)c2ccccc2-n2c3ccccc3c3cc(-c4cc(N(c5ccccc5)c5ccc6cc(-c7ccccc7)ccc6c5)cc(N(c5ccccc5)c5ccc6cc(-c7ccccc7)ccc6c5)c4)cc1c32. The quantitative estimate of drug-likeness (QED) is 0.143. The Hall–Kier alpha value is -9.44. The molecule has 0 unspecified atom stereocenters. The van der Waals surface area contributed by atoms with Crippen molar-refractivity contribution >= 4 is 77.5 Å². The van der Waals surface area contributed by atoms with E-state index < -0.39 is 0 Å². The van der Waals surface area contributed by atoms with Crippen LogP contribution in [0.1, 0.15) is 25.0 Å². The fraction of sp³-hybridized carbons (Fsp3) is 0.0423. The van der Waals surface area contributed by atoms with E-state index in [1.54, 1.807) is 0 Å². The van der Waals surface area contributed by atoms with Gasteiger partial charge < -0.3 is 14.4 Å². The predicted octanol–water partition coefficient (Wildman–Crippen LogP) is 19.7. The molecule has 0 saturated carbocycles. The van der Waals surface area contributed by atoms with E-state index in [4.69, 9.17) is 0 Å². The van der Waals surface area contributed by atoms with Crippen molar-refractivity contribution in [3.8, 4) is 39.1 Å². The average Bonchev–Trinajstić information content (AvgIpc) is 3.80. The van der Waals surface area contributed by atoms with Gasteiger partial charge in [0.25, 0.3) is 0 Å². The molecule has 0 radical (unpaired) electrons. The van der Waals surface area contributed by atoms with Gasteiger partial charge in [0.15, 0.2) is 0 Å². The lowest BCUT2D eigenvalue weighted by Crippen LogP contribution is -2.26. The summed E-state index contributed by atoms with van der Waals surface area (Å²) in [5.74, 6) is 0. The van der Waals surface area contributed by atoms with Gasteiger partial charge in [-0.3, -0.25) is 0 Å². The normalized spacial score (nSPS) is 12.6. The Labute approximate surface area is 432 Å². The highest BCUT2D eigenvalue weighted by Crippen LogP contribution is 2.51. The highest BCUT2D eigenvalue weighted by Gasteiger charge is 2.35. The Morgan fingerprint density at radius 3 is 1.31 bits per heavy atom. The number of hydrogen-bond donors (Lipinski definition) is 0. The van der Waals surface area contributed by atoms with E-state index >= 15 is 0 Å². The molecule has 0 N–H and O–H groups in total.